The first-order valence-corrected chi connectivity index (χ1v) is 5.23. The minimum atomic E-state index is 0.272. The SMILES string of the molecule is CC1(C)CC(C)(C)c2cc(N)ccc21. The molecule has 0 amide bonds. The maximum Gasteiger partial charge on any atom is 0.0317 e. The number of nitrogens with two attached hydrogens (primary N) is 1. The molecule has 1 nitrogen and oxygen atoms in total. The molecule has 0 saturated heterocycles. The van der Waals surface area contributed by atoms with Crippen LogP contribution in [0, 0.1) is 0 Å². The summed E-state index contributed by atoms with van der Waals surface area (Å²) in [6.45, 7) is 9.24. The molecule has 0 atom stereocenters. The number of anilines is 1. The molecule has 2 rings (SSSR count). The molecule has 0 heterocycles. The Kier molecular flexibility index (Phi) is 1.73. The number of benzene rings is 1. The quantitative estimate of drug-likeness (QED) is 0.623. The van der Waals surface area contributed by atoms with Gasteiger partial charge >= 0.3 is 0 Å². The van der Waals surface area contributed by atoms with Gasteiger partial charge in [0.2, 0.25) is 0 Å². The fourth-order valence-corrected chi connectivity index (χ4v) is 3.01. The van der Waals surface area contributed by atoms with E-state index in [0.29, 0.717) is 5.41 Å². The molecule has 1 aliphatic rings. The van der Waals surface area contributed by atoms with Crippen molar-refractivity contribution in [3.63, 3.8) is 0 Å². The Morgan fingerprint density at radius 2 is 1.57 bits per heavy atom. The maximum absolute atomic E-state index is 5.84. The first kappa shape index (κ1) is 9.57. The number of hydrogen-bond donors (Lipinski definition) is 1. The van der Waals surface area contributed by atoms with Crippen molar-refractivity contribution in [1.82, 2.24) is 0 Å². The van der Waals surface area contributed by atoms with E-state index in [1.165, 1.54) is 17.5 Å². The van der Waals surface area contributed by atoms with Crippen LogP contribution in [0.25, 0.3) is 0 Å². The van der Waals surface area contributed by atoms with E-state index in [2.05, 4.69) is 39.8 Å². The monoisotopic (exact) mass is 189 g/mol. The third kappa shape index (κ3) is 1.23. The highest BCUT2D eigenvalue weighted by Crippen LogP contribution is 2.49. The second-order valence-corrected chi connectivity index (χ2v) is 5.75. The van der Waals surface area contributed by atoms with Gasteiger partial charge in [-0.05, 0) is 40.5 Å². The fraction of sp³-hybridized carbons (Fsp3) is 0.538. The lowest BCUT2D eigenvalue weighted by Crippen LogP contribution is -2.17. The molecule has 1 aromatic rings. The minimum absolute atomic E-state index is 0.272. The van der Waals surface area contributed by atoms with Crippen molar-refractivity contribution in [2.45, 2.75) is 44.9 Å². The Balaban J connectivity index is 2.66. The van der Waals surface area contributed by atoms with Crippen LogP contribution >= 0.6 is 0 Å². The summed E-state index contributed by atoms with van der Waals surface area (Å²) in [6, 6.07) is 6.35. The van der Waals surface area contributed by atoms with Crippen molar-refractivity contribution >= 4 is 5.69 Å². The van der Waals surface area contributed by atoms with E-state index in [1.54, 1.807) is 0 Å². The topological polar surface area (TPSA) is 26.0 Å². The molecule has 0 fully saturated rings. The van der Waals surface area contributed by atoms with Crippen LogP contribution in [0.2, 0.25) is 0 Å². The van der Waals surface area contributed by atoms with Crippen LogP contribution in [0.1, 0.15) is 45.2 Å². The van der Waals surface area contributed by atoms with Gasteiger partial charge in [0.15, 0.2) is 0 Å². The smallest absolute Gasteiger partial charge is 0.0317 e. The van der Waals surface area contributed by atoms with Crippen molar-refractivity contribution in [2.24, 2.45) is 0 Å². The van der Waals surface area contributed by atoms with E-state index in [9.17, 15) is 0 Å². The van der Waals surface area contributed by atoms with Gasteiger partial charge in [0.05, 0.1) is 0 Å². The first-order chi connectivity index (χ1) is 6.33. The third-order valence-corrected chi connectivity index (χ3v) is 3.39. The molecule has 0 aromatic heterocycles. The highest BCUT2D eigenvalue weighted by molar-refractivity contribution is 5.52. The maximum atomic E-state index is 5.84. The van der Waals surface area contributed by atoms with Crippen molar-refractivity contribution < 1.29 is 0 Å². The van der Waals surface area contributed by atoms with Crippen LogP contribution in [0.3, 0.4) is 0 Å². The zero-order valence-electron chi connectivity index (χ0n) is 9.52. The van der Waals surface area contributed by atoms with Crippen LogP contribution in [-0.2, 0) is 10.8 Å². The van der Waals surface area contributed by atoms with Crippen LogP contribution in [0.4, 0.5) is 5.69 Å². The molecule has 0 bridgehead atoms. The van der Waals surface area contributed by atoms with Crippen LogP contribution in [0.5, 0.6) is 0 Å². The molecular formula is C13H19N. The Bertz CT molecular complexity index is 375. The second kappa shape index (κ2) is 2.53. The van der Waals surface area contributed by atoms with E-state index < -0.39 is 0 Å². The lowest BCUT2D eigenvalue weighted by molar-refractivity contribution is 0.403. The summed E-state index contributed by atoms with van der Waals surface area (Å²) >= 11 is 0. The van der Waals surface area contributed by atoms with Gasteiger partial charge in [-0.3, -0.25) is 0 Å². The normalized spacial score (nSPS) is 22.0. The molecule has 0 unspecified atom stereocenters. The lowest BCUT2D eigenvalue weighted by Gasteiger charge is -2.22. The zero-order valence-corrected chi connectivity index (χ0v) is 9.52. The number of hydrogen-bond acceptors (Lipinski definition) is 1. The highest BCUT2D eigenvalue weighted by atomic mass is 14.6. The van der Waals surface area contributed by atoms with Gasteiger partial charge in [0.25, 0.3) is 0 Å². The summed E-state index contributed by atoms with van der Waals surface area (Å²) in [7, 11) is 0. The number of fused-ring (bicyclic) bond motifs is 1. The Hall–Kier alpha value is -0.980. The van der Waals surface area contributed by atoms with Gasteiger partial charge in [0.1, 0.15) is 0 Å². The van der Waals surface area contributed by atoms with Crippen LogP contribution < -0.4 is 5.73 Å². The minimum Gasteiger partial charge on any atom is -0.399 e. The molecule has 1 aliphatic carbocycles. The van der Waals surface area contributed by atoms with Gasteiger partial charge in [-0.2, -0.15) is 0 Å². The van der Waals surface area contributed by atoms with Crippen LogP contribution in [-0.4, -0.2) is 0 Å². The molecule has 14 heavy (non-hydrogen) atoms. The van der Waals surface area contributed by atoms with Crippen molar-refractivity contribution in [3.8, 4) is 0 Å². The van der Waals surface area contributed by atoms with Crippen molar-refractivity contribution in [2.75, 3.05) is 5.73 Å². The van der Waals surface area contributed by atoms with Gasteiger partial charge in [0, 0.05) is 5.69 Å². The second-order valence-electron chi connectivity index (χ2n) is 5.75. The average molecular weight is 189 g/mol. The molecule has 1 heteroatoms. The zero-order chi connectivity index (χ0) is 10.6. The summed E-state index contributed by atoms with van der Waals surface area (Å²) < 4.78 is 0. The molecule has 1 aromatic carbocycles. The first-order valence-electron chi connectivity index (χ1n) is 5.23. The summed E-state index contributed by atoms with van der Waals surface area (Å²) in [5, 5.41) is 0. The molecule has 0 radical (unpaired) electrons. The third-order valence-electron chi connectivity index (χ3n) is 3.39. The standard InChI is InChI=1S/C13H19N/c1-12(2)8-13(3,4)11-7-9(14)5-6-10(11)12/h5-7H,8,14H2,1-4H3. The van der Waals surface area contributed by atoms with Gasteiger partial charge < -0.3 is 5.73 Å². The van der Waals surface area contributed by atoms with Crippen molar-refractivity contribution in [3.05, 3.63) is 29.3 Å². The Morgan fingerprint density at radius 1 is 1.00 bits per heavy atom. The predicted octanol–water partition coefficient (Wildman–Crippen LogP) is 3.23. The molecular weight excluding hydrogens is 170 g/mol. The molecule has 2 N–H and O–H groups in total. The lowest BCUT2D eigenvalue weighted by atomic mass is 9.82. The summed E-state index contributed by atoms with van der Waals surface area (Å²) in [6.07, 6.45) is 1.21. The number of rotatable bonds is 0. The molecule has 0 spiro atoms. The summed E-state index contributed by atoms with van der Waals surface area (Å²) in [5.74, 6) is 0. The van der Waals surface area contributed by atoms with E-state index in [4.69, 9.17) is 5.73 Å². The van der Waals surface area contributed by atoms with E-state index in [-0.39, 0.29) is 5.41 Å². The Morgan fingerprint density at radius 3 is 2.21 bits per heavy atom. The van der Waals surface area contributed by atoms with E-state index >= 15 is 0 Å². The van der Waals surface area contributed by atoms with Crippen molar-refractivity contribution in [1.29, 1.82) is 0 Å². The molecule has 0 saturated carbocycles. The van der Waals surface area contributed by atoms with Gasteiger partial charge in [-0.25, -0.2) is 0 Å². The summed E-state index contributed by atoms with van der Waals surface area (Å²) in [5.41, 5.74) is 10.2. The summed E-state index contributed by atoms with van der Waals surface area (Å²) in [4.78, 5) is 0. The molecule has 76 valence electrons. The average Bonchev–Trinajstić information content (AvgIpc) is 2.17. The predicted molar refractivity (Wildman–Crippen MR) is 61.5 cm³/mol. The van der Waals surface area contributed by atoms with Crippen LogP contribution in [0.15, 0.2) is 18.2 Å². The molecule has 0 aliphatic heterocycles. The van der Waals surface area contributed by atoms with E-state index in [1.807, 2.05) is 6.07 Å². The van der Waals surface area contributed by atoms with Gasteiger partial charge in [-0.15, -0.1) is 0 Å². The van der Waals surface area contributed by atoms with Gasteiger partial charge in [-0.1, -0.05) is 33.8 Å². The number of nitrogen functional groups attached to an aromatic ring is 1. The largest absolute Gasteiger partial charge is 0.399 e. The highest BCUT2D eigenvalue weighted by Gasteiger charge is 2.41. The Labute approximate surface area is 86.3 Å². The fourth-order valence-electron chi connectivity index (χ4n) is 3.01. The van der Waals surface area contributed by atoms with E-state index in [0.717, 1.165) is 5.69 Å².